The van der Waals surface area contributed by atoms with E-state index in [1.807, 2.05) is 44.4 Å². The Morgan fingerprint density at radius 2 is 1.71 bits per heavy atom. The number of likely N-dealkylation sites (N-methyl/N-ethyl adjacent to an activating group) is 1. The summed E-state index contributed by atoms with van der Waals surface area (Å²) in [6.45, 7) is 7.87. The van der Waals surface area contributed by atoms with E-state index in [0.717, 1.165) is 11.4 Å². The van der Waals surface area contributed by atoms with Gasteiger partial charge in [0.05, 0.1) is 0 Å². The van der Waals surface area contributed by atoms with Crippen LogP contribution in [0.15, 0.2) is 12.1 Å². The zero-order valence-corrected chi connectivity index (χ0v) is 9.51. The molecule has 0 radical (unpaired) electrons. The Kier molecular flexibility index (Phi) is 2.69. The minimum Gasteiger partial charge on any atom is -0.357 e. The van der Waals surface area contributed by atoms with Gasteiger partial charge in [-0.2, -0.15) is 0 Å². The first-order valence-corrected chi connectivity index (χ1v) is 4.79. The van der Waals surface area contributed by atoms with Crippen molar-refractivity contribution in [3.63, 3.8) is 0 Å². The Morgan fingerprint density at radius 1 is 1.29 bits per heavy atom. The lowest BCUT2D eigenvalue weighted by molar-refractivity contribution is -0.128. The fourth-order valence-electron chi connectivity index (χ4n) is 1.96. The smallest absolute Gasteiger partial charge is 0.245 e. The zero-order chi connectivity index (χ0) is 10.9. The van der Waals surface area contributed by atoms with Crippen LogP contribution in [0.2, 0.25) is 0 Å². The minimum absolute atomic E-state index is 0.0277. The molecule has 0 unspecified atom stereocenters. The Balaban J connectivity index is 3.21. The molecular weight excluding hydrogens is 176 g/mol. The lowest BCUT2D eigenvalue weighted by atomic mass is 10.0. The maximum atomic E-state index is 11.7. The molecule has 3 heteroatoms. The molecule has 78 valence electrons. The Morgan fingerprint density at radius 3 is 2.07 bits per heavy atom. The van der Waals surface area contributed by atoms with Gasteiger partial charge >= 0.3 is 0 Å². The van der Waals surface area contributed by atoms with Crippen molar-refractivity contribution in [1.82, 2.24) is 9.88 Å². The third kappa shape index (κ3) is 1.54. The third-order valence-electron chi connectivity index (χ3n) is 2.61. The van der Waals surface area contributed by atoms with Gasteiger partial charge in [-0.3, -0.25) is 4.79 Å². The molecule has 1 heterocycles. The van der Waals surface area contributed by atoms with Crippen LogP contribution in [-0.4, -0.2) is 17.5 Å². The highest BCUT2D eigenvalue weighted by Gasteiger charge is 2.30. The quantitative estimate of drug-likeness (QED) is 0.762. The molecule has 0 aliphatic carbocycles. The molecule has 3 nitrogen and oxygen atoms in total. The minimum atomic E-state index is -0.521. The fourth-order valence-corrected chi connectivity index (χ4v) is 1.96. The van der Waals surface area contributed by atoms with Crippen LogP contribution in [0.5, 0.6) is 0 Å². The average molecular weight is 194 g/mol. The van der Waals surface area contributed by atoms with Crippen LogP contribution in [0.25, 0.3) is 0 Å². The summed E-state index contributed by atoms with van der Waals surface area (Å²) in [6, 6.07) is 4.06. The normalized spacial score (nSPS) is 11.5. The highest BCUT2D eigenvalue weighted by atomic mass is 16.2. The van der Waals surface area contributed by atoms with E-state index in [2.05, 4.69) is 5.32 Å². The summed E-state index contributed by atoms with van der Waals surface area (Å²) >= 11 is 0. The van der Waals surface area contributed by atoms with Crippen molar-refractivity contribution in [1.29, 1.82) is 0 Å². The monoisotopic (exact) mass is 194 g/mol. The predicted octanol–water partition coefficient (Wildman–Crippen LogP) is 1.59. The first-order chi connectivity index (χ1) is 6.41. The molecule has 1 aromatic rings. The van der Waals surface area contributed by atoms with E-state index in [0.29, 0.717) is 0 Å². The summed E-state index contributed by atoms with van der Waals surface area (Å²) in [5, 5.41) is 2.69. The van der Waals surface area contributed by atoms with Crippen LogP contribution in [0.4, 0.5) is 0 Å². The van der Waals surface area contributed by atoms with Crippen LogP contribution in [0.3, 0.4) is 0 Å². The Labute approximate surface area is 85.1 Å². The van der Waals surface area contributed by atoms with Crippen LogP contribution in [0.1, 0.15) is 25.2 Å². The van der Waals surface area contributed by atoms with Crippen molar-refractivity contribution < 1.29 is 4.79 Å². The SMILES string of the molecule is CNC(=O)C(C)(C)n1c(C)ccc1C. The highest BCUT2D eigenvalue weighted by molar-refractivity contribution is 5.83. The Hall–Kier alpha value is -1.25. The van der Waals surface area contributed by atoms with E-state index in [4.69, 9.17) is 0 Å². The van der Waals surface area contributed by atoms with Crippen molar-refractivity contribution in [3.8, 4) is 0 Å². The van der Waals surface area contributed by atoms with Gasteiger partial charge in [-0.05, 0) is 39.8 Å². The van der Waals surface area contributed by atoms with Gasteiger partial charge in [0.25, 0.3) is 0 Å². The summed E-state index contributed by atoms with van der Waals surface area (Å²) in [6.07, 6.45) is 0. The van der Waals surface area contributed by atoms with Crippen molar-refractivity contribution in [2.24, 2.45) is 0 Å². The fraction of sp³-hybridized carbons (Fsp3) is 0.545. The second-order valence-corrected chi connectivity index (χ2v) is 4.09. The topological polar surface area (TPSA) is 34.0 Å². The van der Waals surface area contributed by atoms with Crippen molar-refractivity contribution in [2.75, 3.05) is 7.05 Å². The van der Waals surface area contributed by atoms with E-state index >= 15 is 0 Å². The zero-order valence-electron chi connectivity index (χ0n) is 9.51. The molecule has 0 spiro atoms. The number of carbonyl (C=O) groups is 1. The molecule has 1 aromatic heterocycles. The number of rotatable bonds is 2. The van der Waals surface area contributed by atoms with Gasteiger partial charge in [-0.25, -0.2) is 0 Å². The van der Waals surface area contributed by atoms with Crippen LogP contribution < -0.4 is 5.32 Å². The van der Waals surface area contributed by atoms with Crippen molar-refractivity contribution in [3.05, 3.63) is 23.5 Å². The molecule has 0 aliphatic heterocycles. The van der Waals surface area contributed by atoms with Crippen molar-refractivity contribution in [2.45, 2.75) is 33.2 Å². The highest BCUT2D eigenvalue weighted by Crippen LogP contribution is 2.21. The first kappa shape index (κ1) is 10.8. The van der Waals surface area contributed by atoms with Gasteiger partial charge in [0.15, 0.2) is 0 Å². The molecular formula is C11H18N2O. The number of amides is 1. The van der Waals surface area contributed by atoms with Gasteiger partial charge in [-0.1, -0.05) is 0 Å². The first-order valence-electron chi connectivity index (χ1n) is 4.79. The molecule has 0 atom stereocenters. The maximum absolute atomic E-state index is 11.7. The number of carbonyl (C=O) groups excluding carboxylic acids is 1. The van der Waals surface area contributed by atoms with Gasteiger partial charge in [-0.15, -0.1) is 0 Å². The lowest BCUT2D eigenvalue weighted by Crippen LogP contribution is -2.43. The van der Waals surface area contributed by atoms with Gasteiger partial charge in [0.2, 0.25) is 5.91 Å². The largest absolute Gasteiger partial charge is 0.357 e. The van der Waals surface area contributed by atoms with E-state index in [-0.39, 0.29) is 5.91 Å². The van der Waals surface area contributed by atoms with Crippen LogP contribution in [0, 0.1) is 13.8 Å². The lowest BCUT2D eigenvalue weighted by Gasteiger charge is -2.28. The average Bonchev–Trinajstić information content (AvgIpc) is 2.44. The molecule has 1 N–H and O–H groups in total. The number of nitrogens with one attached hydrogen (secondary N) is 1. The van der Waals surface area contributed by atoms with E-state index in [1.54, 1.807) is 7.05 Å². The maximum Gasteiger partial charge on any atom is 0.245 e. The second kappa shape index (κ2) is 3.48. The molecule has 1 amide bonds. The van der Waals surface area contributed by atoms with E-state index < -0.39 is 5.54 Å². The van der Waals surface area contributed by atoms with E-state index in [1.165, 1.54) is 0 Å². The molecule has 0 saturated carbocycles. The standard InChI is InChI=1S/C11H18N2O/c1-8-6-7-9(2)13(8)11(3,4)10(14)12-5/h6-7H,1-5H3,(H,12,14). The molecule has 0 saturated heterocycles. The molecule has 14 heavy (non-hydrogen) atoms. The molecule has 0 aliphatic rings. The summed E-state index contributed by atoms with van der Waals surface area (Å²) in [4.78, 5) is 11.7. The number of aryl methyl sites for hydroxylation is 2. The Bertz CT molecular complexity index is 331. The second-order valence-electron chi connectivity index (χ2n) is 4.09. The number of hydrogen-bond donors (Lipinski definition) is 1. The van der Waals surface area contributed by atoms with Gasteiger partial charge in [0.1, 0.15) is 5.54 Å². The van der Waals surface area contributed by atoms with E-state index in [9.17, 15) is 4.79 Å². The summed E-state index contributed by atoms with van der Waals surface area (Å²) in [5.41, 5.74) is 1.69. The summed E-state index contributed by atoms with van der Waals surface area (Å²) in [7, 11) is 1.66. The molecule has 0 aromatic carbocycles. The summed E-state index contributed by atoms with van der Waals surface area (Å²) in [5.74, 6) is 0.0277. The predicted molar refractivity (Wildman–Crippen MR) is 57.3 cm³/mol. The molecule has 0 fully saturated rings. The number of aromatic nitrogens is 1. The van der Waals surface area contributed by atoms with Crippen LogP contribution >= 0.6 is 0 Å². The van der Waals surface area contributed by atoms with Crippen LogP contribution in [-0.2, 0) is 10.3 Å². The van der Waals surface area contributed by atoms with Crippen molar-refractivity contribution >= 4 is 5.91 Å². The number of nitrogens with zero attached hydrogens (tertiary/aromatic N) is 1. The third-order valence-corrected chi connectivity index (χ3v) is 2.61. The number of hydrogen-bond acceptors (Lipinski definition) is 1. The van der Waals surface area contributed by atoms with Gasteiger partial charge < -0.3 is 9.88 Å². The summed E-state index contributed by atoms with van der Waals surface area (Å²) < 4.78 is 2.05. The molecule has 1 rings (SSSR count). The molecule has 0 bridgehead atoms. The van der Waals surface area contributed by atoms with Gasteiger partial charge in [0, 0.05) is 18.4 Å².